The number of hydroxylamine groups is 1. The Bertz CT molecular complexity index is 1870. The third kappa shape index (κ3) is 10.7. The molecule has 2 heterocycles. The van der Waals surface area contributed by atoms with Crippen molar-refractivity contribution >= 4 is 11.8 Å². The molecule has 0 bridgehead atoms. The van der Waals surface area contributed by atoms with Crippen molar-refractivity contribution in [2.75, 3.05) is 27.3 Å². The Morgan fingerprint density at radius 3 is 2.18 bits per heavy atom. The predicted molar refractivity (Wildman–Crippen MR) is 208 cm³/mol. The molecule has 2 aliphatic heterocycles. The number of rotatable bonds is 17. The van der Waals surface area contributed by atoms with Gasteiger partial charge in [-0.3, -0.25) is 19.7 Å². The molecule has 1 fully saturated rings. The minimum absolute atomic E-state index is 0.00585. The summed E-state index contributed by atoms with van der Waals surface area (Å²) in [5, 5.41) is 21.3. The number of ether oxygens (including phenoxy) is 4. The van der Waals surface area contributed by atoms with Crippen molar-refractivity contribution in [1.29, 1.82) is 0 Å². The van der Waals surface area contributed by atoms with Gasteiger partial charge < -0.3 is 29.4 Å². The van der Waals surface area contributed by atoms with Crippen LogP contribution in [0.15, 0.2) is 84.9 Å². The van der Waals surface area contributed by atoms with Crippen LogP contribution in [0.4, 0.5) is 0 Å². The lowest BCUT2D eigenvalue weighted by Gasteiger charge is -2.39. The van der Waals surface area contributed by atoms with E-state index in [0.29, 0.717) is 25.8 Å². The number of nitrogens with one attached hydrogen (secondary N) is 2. The van der Waals surface area contributed by atoms with E-state index in [2.05, 4.69) is 52.7 Å². The van der Waals surface area contributed by atoms with Gasteiger partial charge in [-0.25, -0.2) is 5.48 Å². The maximum Gasteiger partial charge on any atom is 0.243 e. The van der Waals surface area contributed by atoms with Gasteiger partial charge in [0.1, 0.15) is 0 Å². The summed E-state index contributed by atoms with van der Waals surface area (Å²) < 4.78 is 24.5. The summed E-state index contributed by atoms with van der Waals surface area (Å²) in [7, 11) is 3.33. The zero-order valence-electron chi connectivity index (χ0n) is 31.8. The van der Waals surface area contributed by atoms with Crippen molar-refractivity contribution in [2.24, 2.45) is 0 Å². The van der Waals surface area contributed by atoms with E-state index in [4.69, 9.17) is 24.2 Å². The lowest BCUT2D eigenvalue weighted by molar-refractivity contribution is -0.253. The zero-order valence-corrected chi connectivity index (χ0v) is 31.8. The number of fused-ring (bicyclic) bond motifs is 1. The lowest BCUT2D eigenvalue weighted by atomic mass is 9.96. The summed E-state index contributed by atoms with van der Waals surface area (Å²) in [6, 6.07) is 28.5. The molecule has 4 N–H and O–H groups in total. The Morgan fingerprint density at radius 1 is 0.818 bits per heavy atom. The molecule has 3 atom stereocenters. The summed E-state index contributed by atoms with van der Waals surface area (Å²) in [5.74, 6) is 1.10. The van der Waals surface area contributed by atoms with E-state index in [9.17, 15) is 14.7 Å². The first-order chi connectivity index (χ1) is 26.9. The molecule has 6 rings (SSSR count). The van der Waals surface area contributed by atoms with Crippen molar-refractivity contribution in [1.82, 2.24) is 15.7 Å². The Labute approximate surface area is 323 Å². The van der Waals surface area contributed by atoms with Gasteiger partial charge in [-0.05, 0) is 70.3 Å². The van der Waals surface area contributed by atoms with Gasteiger partial charge >= 0.3 is 0 Å². The monoisotopic (exact) mass is 751 g/mol. The molecule has 0 aromatic heterocycles. The van der Waals surface area contributed by atoms with Crippen LogP contribution in [0, 0.1) is 0 Å². The van der Waals surface area contributed by atoms with Crippen LogP contribution in [0.5, 0.6) is 11.5 Å². The second-order valence-corrected chi connectivity index (χ2v) is 14.3. The molecule has 0 spiro atoms. The van der Waals surface area contributed by atoms with Crippen molar-refractivity contribution < 1.29 is 38.9 Å². The molecule has 2 aliphatic rings. The molecule has 1 saturated heterocycles. The second-order valence-electron chi connectivity index (χ2n) is 14.3. The van der Waals surface area contributed by atoms with Crippen LogP contribution in [0.2, 0.25) is 0 Å². The van der Waals surface area contributed by atoms with Gasteiger partial charge in [-0.15, -0.1) is 0 Å². The van der Waals surface area contributed by atoms with Gasteiger partial charge in [0.2, 0.25) is 11.8 Å². The largest absolute Gasteiger partial charge is 0.493 e. The fraction of sp³-hybridized carbons (Fsp3) is 0.409. The molecule has 0 radical (unpaired) electrons. The standard InChI is InChI=1S/C44H53N3O8/c1-52-40-23-34-21-22-47(27-36(34)24-41(40)53-2)28-37-25-39(32-15-13-30(29-48)14-16-32)55-44(54-37)33-19-17-31(18-20-33)38-10-8-7-9-35(38)26-45-42(49)11-5-3-4-6-12-43(50)46-51/h7-10,13-20,23-24,37,39,44,48,51H,3-6,11-12,21-22,25-29H2,1-2H3,(H,45,49)(H,46,50)/t37-,39+,44+/m0/s1. The third-order valence-corrected chi connectivity index (χ3v) is 10.5. The van der Waals surface area contributed by atoms with Crippen LogP contribution in [0.25, 0.3) is 11.1 Å². The summed E-state index contributed by atoms with van der Waals surface area (Å²) in [4.78, 5) is 26.2. The predicted octanol–water partition coefficient (Wildman–Crippen LogP) is 6.93. The first-order valence-electron chi connectivity index (χ1n) is 19.2. The minimum atomic E-state index is -0.571. The molecule has 11 nitrogen and oxygen atoms in total. The minimum Gasteiger partial charge on any atom is -0.493 e. The van der Waals surface area contributed by atoms with E-state index in [1.807, 2.05) is 42.5 Å². The van der Waals surface area contributed by atoms with E-state index >= 15 is 0 Å². The molecule has 2 amide bonds. The quantitative estimate of drug-likeness (QED) is 0.0514. The fourth-order valence-electron chi connectivity index (χ4n) is 7.46. The highest BCUT2D eigenvalue weighted by Crippen LogP contribution is 2.40. The SMILES string of the molecule is COc1cc2c(cc1OC)CN(C[C@@H]1C[C@H](c3ccc(CO)cc3)O[C@H](c3ccc(-c4ccccc4CNC(=O)CCCCCCC(=O)NO)cc3)O1)CC2. The van der Waals surface area contributed by atoms with E-state index in [1.165, 1.54) is 11.1 Å². The number of amides is 2. The highest BCUT2D eigenvalue weighted by atomic mass is 16.7. The highest BCUT2D eigenvalue weighted by Gasteiger charge is 2.34. The molecule has 292 valence electrons. The van der Waals surface area contributed by atoms with Crippen molar-refractivity contribution in [2.45, 2.75) is 89.6 Å². The number of unbranched alkanes of at least 4 members (excludes halogenated alkanes) is 3. The van der Waals surface area contributed by atoms with E-state index < -0.39 is 6.29 Å². The number of hydrogen-bond donors (Lipinski definition) is 4. The average molecular weight is 752 g/mol. The van der Waals surface area contributed by atoms with Gasteiger partial charge in [-0.2, -0.15) is 0 Å². The Morgan fingerprint density at radius 2 is 1.49 bits per heavy atom. The molecular formula is C44H53N3O8. The molecule has 0 saturated carbocycles. The van der Waals surface area contributed by atoms with Gasteiger partial charge in [0, 0.05) is 51.0 Å². The Kier molecular flexibility index (Phi) is 14.3. The van der Waals surface area contributed by atoms with Gasteiger partial charge in [0.15, 0.2) is 17.8 Å². The summed E-state index contributed by atoms with van der Waals surface area (Å²) >= 11 is 0. The number of aliphatic hydroxyl groups excluding tert-OH is 1. The van der Waals surface area contributed by atoms with Crippen molar-refractivity contribution in [3.8, 4) is 22.6 Å². The topological polar surface area (TPSA) is 139 Å². The van der Waals surface area contributed by atoms with Gasteiger partial charge in [0.05, 0.1) is 33.0 Å². The number of nitrogens with zero attached hydrogens (tertiary/aromatic N) is 1. The fourth-order valence-corrected chi connectivity index (χ4v) is 7.46. The Hall–Kier alpha value is -4.78. The summed E-state index contributed by atoms with van der Waals surface area (Å²) in [5.41, 5.74) is 10.1. The number of methoxy groups -OCH3 is 2. The average Bonchev–Trinajstić information content (AvgIpc) is 3.23. The maximum atomic E-state index is 12.6. The number of carbonyl (C=O) groups is 2. The molecule has 4 aromatic rings. The van der Waals surface area contributed by atoms with Crippen LogP contribution in [0.3, 0.4) is 0 Å². The van der Waals surface area contributed by atoms with Crippen LogP contribution >= 0.6 is 0 Å². The van der Waals surface area contributed by atoms with Crippen LogP contribution in [0.1, 0.15) is 90.7 Å². The number of carbonyl (C=O) groups excluding carboxylic acids is 2. The highest BCUT2D eigenvalue weighted by molar-refractivity contribution is 5.76. The van der Waals surface area contributed by atoms with Crippen molar-refractivity contribution in [3.63, 3.8) is 0 Å². The smallest absolute Gasteiger partial charge is 0.243 e. The molecule has 0 aliphatic carbocycles. The lowest BCUT2D eigenvalue weighted by Crippen LogP contribution is -2.41. The van der Waals surface area contributed by atoms with Crippen LogP contribution in [-0.2, 0) is 45.2 Å². The van der Waals surface area contributed by atoms with E-state index in [1.54, 1.807) is 19.7 Å². The second kappa shape index (κ2) is 19.7. The number of aliphatic hydroxyl groups is 1. The molecule has 55 heavy (non-hydrogen) atoms. The molecule has 11 heteroatoms. The van der Waals surface area contributed by atoms with Gasteiger partial charge in [0.25, 0.3) is 0 Å². The normalized spacial score (nSPS) is 18.3. The maximum absolute atomic E-state index is 12.6. The summed E-state index contributed by atoms with van der Waals surface area (Å²) in [6.07, 6.45) is 4.58. The van der Waals surface area contributed by atoms with Gasteiger partial charge in [-0.1, -0.05) is 85.6 Å². The third-order valence-electron chi connectivity index (χ3n) is 10.5. The van der Waals surface area contributed by atoms with E-state index in [0.717, 1.165) is 90.2 Å². The summed E-state index contributed by atoms with van der Waals surface area (Å²) in [6.45, 7) is 2.86. The van der Waals surface area contributed by atoms with E-state index in [-0.39, 0.29) is 37.0 Å². The zero-order chi connectivity index (χ0) is 38.6. The first kappa shape index (κ1) is 39.9. The first-order valence-corrected chi connectivity index (χ1v) is 19.2. The Balaban J connectivity index is 1.11. The van der Waals surface area contributed by atoms with Crippen LogP contribution < -0.4 is 20.3 Å². The number of hydrogen-bond acceptors (Lipinski definition) is 9. The van der Waals surface area contributed by atoms with Crippen LogP contribution in [-0.4, -0.2) is 60.4 Å². The molecule has 4 aromatic carbocycles. The van der Waals surface area contributed by atoms with Crippen molar-refractivity contribution in [3.05, 3.63) is 118 Å². The molecular weight excluding hydrogens is 698 g/mol. The molecule has 0 unspecified atom stereocenters. The number of benzene rings is 4.